The summed E-state index contributed by atoms with van der Waals surface area (Å²) in [6.45, 7) is 2.05. The maximum atomic E-state index is 6.46. The third kappa shape index (κ3) is 2.21. The van der Waals surface area contributed by atoms with Gasteiger partial charge in [0.1, 0.15) is 0 Å². The molecule has 0 aliphatic carbocycles. The minimum absolute atomic E-state index is 0.388. The van der Waals surface area contributed by atoms with Crippen molar-refractivity contribution in [3.05, 3.63) is 28.5 Å². The van der Waals surface area contributed by atoms with Gasteiger partial charge in [0.2, 0.25) is 0 Å². The lowest BCUT2D eigenvalue weighted by Crippen LogP contribution is -2.59. The predicted octanol–water partition coefficient (Wildman–Crippen LogP) is 1.38. The van der Waals surface area contributed by atoms with Crippen LogP contribution in [0.25, 0.3) is 5.70 Å². The second kappa shape index (κ2) is 4.84. The first-order valence-corrected chi connectivity index (χ1v) is 7.23. The van der Waals surface area contributed by atoms with Crippen LogP contribution in [0.2, 0.25) is 0 Å². The molecule has 18 heavy (non-hydrogen) atoms. The molecule has 1 fully saturated rings. The molecule has 4 N–H and O–H groups in total. The average molecular weight is 262 g/mol. The molecule has 1 unspecified atom stereocenters. The molecule has 0 saturated carbocycles. The van der Waals surface area contributed by atoms with Crippen molar-refractivity contribution in [2.75, 3.05) is 13.1 Å². The molecule has 5 heteroatoms. The van der Waals surface area contributed by atoms with Crippen LogP contribution in [-0.4, -0.2) is 25.1 Å². The SMILES string of the molecule is NC1(C2CCNCC2)N=CC=C(c2cccs2)N1. The molecule has 4 nitrogen and oxygen atoms in total. The molecule has 2 aliphatic rings. The minimum Gasteiger partial charge on any atom is -0.348 e. The van der Waals surface area contributed by atoms with E-state index in [1.54, 1.807) is 11.3 Å². The van der Waals surface area contributed by atoms with Crippen molar-refractivity contribution in [1.82, 2.24) is 10.6 Å². The van der Waals surface area contributed by atoms with Crippen molar-refractivity contribution in [3.8, 4) is 0 Å². The number of nitrogens with one attached hydrogen (secondary N) is 2. The Morgan fingerprint density at radius 3 is 2.94 bits per heavy atom. The Balaban J connectivity index is 1.79. The summed E-state index contributed by atoms with van der Waals surface area (Å²) in [6.07, 6.45) is 5.97. The molecule has 1 saturated heterocycles. The first kappa shape index (κ1) is 11.9. The number of thiophene rings is 1. The Bertz CT molecular complexity index is 459. The summed E-state index contributed by atoms with van der Waals surface area (Å²) in [5.41, 5.74) is 7.54. The van der Waals surface area contributed by atoms with Crippen molar-refractivity contribution < 1.29 is 0 Å². The Morgan fingerprint density at radius 1 is 1.39 bits per heavy atom. The van der Waals surface area contributed by atoms with Crippen molar-refractivity contribution >= 4 is 23.2 Å². The van der Waals surface area contributed by atoms with Gasteiger partial charge in [-0.25, -0.2) is 0 Å². The Kier molecular flexibility index (Phi) is 3.20. The highest BCUT2D eigenvalue weighted by Crippen LogP contribution is 2.29. The third-order valence-electron chi connectivity index (χ3n) is 3.61. The molecule has 0 aromatic carbocycles. The summed E-state index contributed by atoms with van der Waals surface area (Å²) in [4.78, 5) is 5.70. The fourth-order valence-corrected chi connectivity index (χ4v) is 3.28. The molecule has 96 valence electrons. The number of aliphatic imine (C=N–C) groups is 1. The van der Waals surface area contributed by atoms with E-state index in [0.29, 0.717) is 5.92 Å². The van der Waals surface area contributed by atoms with Gasteiger partial charge in [-0.1, -0.05) is 6.07 Å². The zero-order chi connectivity index (χ0) is 12.4. The van der Waals surface area contributed by atoms with Crippen LogP contribution in [0.15, 0.2) is 28.6 Å². The van der Waals surface area contributed by atoms with E-state index in [1.807, 2.05) is 12.3 Å². The number of hydrogen-bond acceptors (Lipinski definition) is 5. The Hall–Kier alpha value is -1.17. The highest BCUT2D eigenvalue weighted by atomic mass is 32.1. The molecule has 0 spiro atoms. The zero-order valence-corrected chi connectivity index (χ0v) is 11.0. The van der Waals surface area contributed by atoms with E-state index in [4.69, 9.17) is 5.73 Å². The lowest BCUT2D eigenvalue weighted by molar-refractivity contribution is 0.202. The van der Waals surface area contributed by atoms with E-state index in [0.717, 1.165) is 31.6 Å². The van der Waals surface area contributed by atoms with E-state index >= 15 is 0 Å². The summed E-state index contributed by atoms with van der Waals surface area (Å²) >= 11 is 1.72. The maximum Gasteiger partial charge on any atom is 0.185 e. The summed E-state index contributed by atoms with van der Waals surface area (Å²) in [5.74, 6) is -0.255. The number of rotatable bonds is 2. The standard InChI is InChI=1S/C13H18N4S/c14-13(10-3-6-15-7-4-10)16-8-5-11(17-13)12-2-1-9-18-12/h1-2,5,8-10,15,17H,3-4,6-7,14H2. The molecule has 2 aliphatic heterocycles. The number of piperidine rings is 1. The lowest BCUT2D eigenvalue weighted by atomic mass is 9.90. The van der Waals surface area contributed by atoms with Crippen LogP contribution in [0.3, 0.4) is 0 Å². The summed E-state index contributed by atoms with van der Waals surface area (Å²) in [6, 6.07) is 4.16. The van der Waals surface area contributed by atoms with E-state index < -0.39 is 5.79 Å². The first-order valence-electron chi connectivity index (χ1n) is 6.35. The summed E-state index contributed by atoms with van der Waals surface area (Å²) < 4.78 is 0. The normalized spacial score (nSPS) is 28.8. The van der Waals surface area contributed by atoms with Gasteiger partial charge in [-0.3, -0.25) is 10.7 Å². The Labute approximate surface area is 111 Å². The van der Waals surface area contributed by atoms with Gasteiger partial charge in [-0.05, 0) is 43.5 Å². The fraction of sp³-hybridized carbons (Fsp3) is 0.462. The first-order chi connectivity index (χ1) is 8.78. The quantitative estimate of drug-likeness (QED) is 0.754. The highest BCUT2D eigenvalue weighted by molar-refractivity contribution is 7.11. The van der Waals surface area contributed by atoms with Crippen LogP contribution in [0.1, 0.15) is 17.7 Å². The van der Waals surface area contributed by atoms with Crippen molar-refractivity contribution in [1.29, 1.82) is 0 Å². The highest BCUT2D eigenvalue weighted by Gasteiger charge is 2.36. The van der Waals surface area contributed by atoms with Gasteiger partial charge in [0.15, 0.2) is 5.79 Å². The minimum atomic E-state index is -0.643. The molecule has 0 radical (unpaired) electrons. The van der Waals surface area contributed by atoms with Crippen LogP contribution in [0.5, 0.6) is 0 Å². The monoisotopic (exact) mass is 262 g/mol. The van der Waals surface area contributed by atoms with Gasteiger partial charge < -0.3 is 10.6 Å². The third-order valence-corrected chi connectivity index (χ3v) is 4.52. The van der Waals surface area contributed by atoms with Crippen LogP contribution in [-0.2, 0) is 0 Å². The molecular weight excluding hydrogens is 244 g/mol. The molecule has 0 bridgehead atoms. The molecule has 1 aromatic rings. The van der Waals surface area contributed by atoms with Gasteiger partial charge in [0.25, 0.3) is 0 Å². The average Bonchev–Trinajstić information content (AvgIpc) is 2.94. The summed E-state index contributed by atoms with van der Waals surface area (Å²) in [5, 5.41) is 8.86. The number of nitrogens with two attached hydrogens (primary N) is 1. The smallest absolute Gasteiger partial charge is 0.185 e. The van der Waals surface area contributed by atoms with Gasteiger partial charge in [0, 0.05) is 12.1 Å². The van der Waals surface area contributed by atoms with Gasteiger partial charge >= 0.3 is 0 Å². The fourth-order valence-electron chi connectivity index (χ4n) is 2.57. The summed E-state index contributed by atoms with van der Waals surface area (Å²) in [7, 11) is 0. The lowest BCUT2D eigenvalue weighted by Gasteiger charge is -2.39. The predicted molar refractivity (Wildman–Crippen MR) is 76.4 cm³/mol. The van der Waals surface area contributed by atoms with Crippen LogP contribution < -0.4 is 16.4 Å². The van der Waals surface area contributed by atoms with Crippen molar-refractivity contribution in [2.24, 2.45) is 16.6 Å². The number of allylic oxidation sites excluding steroid dienone is 1. The topological polar surface area (TPSA) is 62.4 Å². The van der Waals surface area contributed by atoms with Gasteiger partial charge in [0.05, 0.1) is 10.6 Å². The van der Waals surface area contributed by atoms with Crippen LogP contribution in [0.4, 0.5) is 0 Å². The number of hydrogen-bond donors (Lipinski definition) is 3. The van der Waals surface area contributed by atoms with E-state index in [9.17, 15) is 0 Å². The van der Waals surface area contributed by atoms with Crippen LogP contribution in [0, 0.1) is 5.92 Å². The molecule has 1 aromatic heterocycles. The van der Waals surface area contributed by atoms with E-state index in [-0.39, 0.29) is 0 Å². The van der Waals surface area contributed by atoms with Gasteiger partial charge in [-0.2, -0.15) is 0 Å². The maximum absolute atomic E-state index is 6.46. The van der Waals surface area contributed by atoms with Crippen molar-refractivity contribution in [3.63, 3.8) is 0 Å². The molecule has 3 heterocycles. The second-order valence-corrected chi connectivity index (χ2v) is 5.76. The second-order valence-electron chi connectivity index (χ2n) is 4.81. The molecule has 1 atom stereocenters. The van der Waals surface area contributed by atoms with E-state index in [2.05, 4.69) is 33.1 Å². The largest absolute Gasteiger partial charge is 0.348 e. The van der Waals surface area contributed by atoms with Crippen LogP contribution >= 0.6 is 11.3 Å². The number of nitrogens with zero attached hydrogens (tertiary/aromatic N) is 1. The molecule has 0 amide bonds. The zero-order valence-electron chi connectivity index (χ0n) is 10.2. The van der Waals surface area contributed by atoms with E-state index in [1.165, 1.54) is 4.88 Å². The van der Waals surface area contributed by atoms with Crippen molar-refractivity contribution in [2.45, 2.75) is 18.6 Å². The Morgan fingerprint density at radius 2 is 2.22 bits per heavy atom. The van der Waals surface area contributed by atoms with Gasteiger partial charge in [-0.15, -0.1) is 11.3 Å². The molecule has 3 rings (SSSR count). The molecular formula is C13H18N4S.